The highest BCUT2D eigenvalue weighted by Gasteiger charge is 2.27. The quantitative estimate of drug-likeness (QED) is 0.638. The second-order valence-corrected chi connectivity index (χ2v) is 6.93. The van der Waals surface area contributed by atoms with Crippen LogP contribution in [-0.4, -0.2) is 49.4 Å². The summed E-state index contributed by atoms with van der Waals surface area (Å²) in [6, 6.07) is 0. The Kier molecular flexibility index (Phi) is 4.41. The van der Waals surface area contributed by atoms with Gasteiger partial charge in [0.05, 0.1) is 0 Å². The second kappa shape index (κ2) is 5.90. The van der Waals surface area contributed by atoms with Crippen LogP contribution in [0.2, 0.25) is 0 Å². The summed E-state index contributed by atoms with van der Waals surface area (Å²) in [7, 11) is -2.44. The van der Waals surface area contributed by atoms with Crippen LogP contribution in [0.4, 0.5) is 0 Å². The van der Waals surface area contributed by atoms with Gasteiger partial charge in [0.15, 0.2) is 4.90 Å². The van der Waals surface area contributed by atoms with E-state index in [1.807, 2.05) is 4.98 Å². The molecular weight excluding hydrogens is 284 g/mol. The van der Waals surface area contributed by atoms with Gasteiger partial charge in [0.1, 0.15) is 0 Å². The van der Waals surface area contributed by atoms with Gasteiger partial charge in [0.2, 0.25) is 10.0 Å². The van der Waals surface area contributed by atoms with Crippen molar-refractivity contribution in [2.75, 3.05) is 26.7 Å². The molecule has 20 heavy (non-hydrogen) atoms. The first kappa shape index (κ1) is 14.9. The normalized spacial score (nSPS) is 17.5. The van der Waals surface area contributed by atoms with Crippen molar-refractivity contribution in [2.24, 2.45) is 5.92 Å². The number of rotatable bonds is 4. The van der Waals surface area contributed by atoms with E-state index in [2.05, 4.69) is 10.3 Å². The molecule has 0 radical (unpaired) electrons. The Bertz CT molecular complexity index is 672. The minimum atomic E-state index is -3.89. The van der Waals surface area contributed by atoms with Gasteiger partial charge >= 0.3 is 5.69 Å². The Morgan fingerprint density at radius 1 is 1.30 bits per heavy atom. The summed E-state index contributed by atoms with van der Waals surface area (Å²) in [5, 5.41) is 3.21. The molecule has 2 heterocycles. The van der Waals surface area contributed by atoms with Gasteiger partial charge < -0.3 is 10.3 Å². The third-order valence-corrected chi connectivity index (χ3v) is 5.28. The van der Waals surface area contributed by atoms with Gasteiger partial charge in [0, 0.05) is 19.8 Å². The highest BCUT2D eigenvalue weighted by molar-refractivity contribution is 7.89. The summed E-state index contributed by atoms with van der Waals surface area (Å²) in [4.78, 5) is 26.2. The average Bonchev–Trinajstić information content (AvgIpc) is 2.39. The molecule has 9 heteroatoms. The van der Waals surface area contributed by atoms with E-state index < -0.39 is 26.2 Å². The molecule has 1 saturated heterocycles. The summed E-state index contributed by atoms with van der Waals surface area (Å²) in [6.45, 7) is 2.11. The van der Waals surface area contributed by atoms with Crippen molar-refractivity contribution in [3.05, 3.63) is 27.0 Å². The van der Waals surface area contributed by atoms with Crippen molar-refractivity contribution in [3.8, 4) is 0 Å². The fraction of sp³-hybridized carbons (Fsp3) is 0.636. The van der Waals surface area contributed by atoms with Gasteiger partial charge in [-0.15, -0.1) is 0 Å². The molecular formula is C11H18N4O4S. The molecule has 1 aromatic rings. The van der Waals surface area contributed by atoms with Crippen molar-refractivity contribution in [3.63, 3.8) is 0 Å². The summed E-state index contributed by atoms with van der Waals surface area (Å²) in [5.74, 6) is 0.276. The van der Waals surface area contributed by atoms with E-state index in [0.717, 1.165) is 32.1 Å². The number of hydrogen-bond donors (Lipinski definition) is 3. The summed E-state index contributed by atoms with van der Waals surface area (Å²) in [6.07, 6.45) is 2.75. The molecule has 0 spiro atoms. The van der Waals surface area contributed by atoms with E-state index in [4.69, 9.17) is 0 Å². The number of nitrogens with one attached hydrogen (secondary N) is 3. The predicted octanol–water partition coefficient (Wildman–Crippen LogP) is -1.32. The minimum Gasteiger partial charge on any atom is -0.317 e. The maximum atomic E-state index is 12.3. The van der Waals surface area contributed by atoms with Crippen LogP contribution in [-0.2, 0) is 10.0 Å². The standard InChI is InChI=1S/C11H18N4O4S/c1-15(7-8-2-4-12-5-3-8)20(18,19)9-6-13-11(17)14-10(9)16/h6,8,12H,2-5,7H2,1H3,(H2,13,14,16,17). The van der Waals surface area contributed by atoms with Crippen molar-refractivity contribution in [2.45, 2.75) is 17.7 Å². The van der Waals surface area contributed by atoms with Crippen LogP contribution in [0.1, 0.15) is 12.8 Å². The van der Waals surface area contributed by atoms with Gasteiger partial charge in [-0.05, 0) is 31.8 Å². The van der Waals surface area contributed by atoms with E-state index in [0.29, 0.717) is 6.54 Å². The van der Waals surface area contributed by atoms with E-state index >= 15 is 0 Å². The Labute approximate surface area is 116 Å². The first-order valence-electron chi connectivity index (χ1n) is 6.40. The van der Waals surface area contributed by atoms with Gasteiger partial charge in [-0.3, -0.25) is 9.78 Å². The molecule has 1 fully saturated rings. The highest BCUT2D eigenvalue weighted by Crippen LogP contribution is 2.16. The molecule has 1 aliphatic heterocycles. The fourth-order valence-electron chi connectivity index (χ4n) is 2.28. The Morgan fingerprint density at radius 3 is 2.55 bits per heavy atom. The molecule has 0 bridgehead atoms. The number of sulfonamides is 1. The highest BCUT2D eigenvalue weighted by atomic mass is 32.2. The van der Waals surface area contributed by atoms with Crippen LogP contribution in [0.25, 0.3) is 0 Å². The van der Waals surface area contributed by atoms with E-state index in [1.165, 1.54) is 11.4 Å². The van der Waals surface area contributed by atoms with Crippen LogP contribution in [0.5, 0.6) is 0 Å². The lowest BCUT2D eigenvalue weighted by atomic mass is 9.98. The second-order valence-electron chi connectivity index (χ2n) is 4.92. The number of aromatic amines is 2. The number of piperidine rings is 1. The van der Waals surface area contributed by atoms with E-state index in [9.17, 15) is 18.0 Å². The molecule has 0 atom stereocenters. The Hall–Kier alpha value is -1.45. The third-order valence-electron chi connectivity index (χ3n) is 3.45. The largest absolute Gasteiger partial charge is 0.325 e. The first-order valence-corrected chi connectivity index (χ1v) is 7.84. The van der Waals surface area contributed by atoms with Gasteiger partial charge in [-0.25, -0.2) is 17.5 Å². The third kappa shape index (κ3) is 3.17. The molecule has 0 aliphatic carbocycles. The zero-order valence-corrected chi connectivity index (χ0v) is 12.0. The average molecular weight is 302 g/mol. The zero-order valence-electron chi connectivity index (χ0n) is 11.2. The molecule has 3 N–H and O–H groups in total. The fourth-order valence-corrected chi connectivity index (χ4v) is 3.52. The molecule has 1 aromatic heterocycles. The molecule has 0 unspecified atom stereocenters. The number of H-pyrrole nitrogens is 2. The molecule has 1 aliphatic rings. The molecule has 0 aromatic carbocycles. The predicted molar refractivity (Wildman–Crippen MR) is 73.1 cm³/mol. The van der Waals surface area contributed by atoms with Crippen LogP contribution in [0.15, 0.2) is 20.7 Å². The molecule has 2 rings (SSSR count). The number of aromatic nitrogens is 2. The molecule has 112 valence electrons. The van der Waals surface area contributed by atoms with E-state index in [1.54, 1.807) is 0 Å². The van der Waals surface area contributed by atoms with Crippen LogP contribution >= 0.6 is 0 Å². The summed E-state index contributed by atoms with van der Waals surface area (Å²) in [5.41, 5.74) is -1.62. The molecule has 0 amide bonds. The lowest BCUT2D eigenvalue weighted by Gasteiger charge is -2.26. The smallest absolute Gasteiger partial charge is 0.317 e. The van der Waals surface area contributed by atoms with Crippen LogP contribution < -0.4 is 16.6 Å². The molecule has 8 nitrogen and oxygen atoms in total. The van der Waals surface area contributed by atoms with Crippen molar-refractivity contribution in [1.82, 2.24) is 19.6 Å². The van der Waals surface area contributed by atoms with Crippen LogP contribution in [0, 0.1) is 5.92 Å². The van der Waals surface area contributed by atoms with Crippen molar-refractivity contribution in [1.29, 1.82) is 0 Å². The maximum Gasteiger partial charge on any atom is 0.325 e. The van der Waals surface area contributed by atoms with Crippen molar-refractivity contribution < 1.29 is 8.42 Å². The Morgan fingerprint density at radius 2 is 1.95 bits per heavy atom. The minimum absolute atomic E-state index is 0.276. The first-order chi connectivity index (χ1) is 9.41. The zero-order chi connectivity index (χ0) is 14.8. The Balaban J connectivity index is 2.20. The lowest BCUT2D eigenvalue weighted by Crippen LogP contribution is -2.39. The molecule has 0 saturated carbocycles. The SMILES string of the molecule is CN(CC1CCNCC1)S(=O)(=O)c1c[nH]c(=O)[nH]c1=O. The summed E-state index contributed by atoms with van der Waals surface area (Å²) >= 11 is 0. The topological polar surface area (TPSA) is 115 Å². The lowest BCUT2D eigenvalue weighted by molar-refractivity contribution is 0.311. The van der Waals surface area contributed by atoms with Crippen molar-refractivity contribution >= 4 is 10.0 Å². The van der Waals surface area contributed by atoms with Gasteiger partial charge in [-0.1, -0.05) is 0 Å². The van der Waals surface area contributed by atoms with E-state index in [-0.39, 0.29) is 5.92 Å². The maximum absolute atomic E-state index is 12.3. The summed E-state index contributed by atoms with van der Waals surface area (Å²) < 4.78 is 25.8. The van der Waals surface area contributed by atoms with Gasteiger partial charge in [-0.2, -0.15) is 0 Å². The number of nitrogens with zero attached hydrogens (tertiary/aromatic N) is 1. The van der Waals surface area contributed by atoms with Crippen LogP contribution in [0.3, 0.4) is 0 Å². The monoisotopic (exact) mass is 302 g/mol. The van der Waals surface area contributed by atoms with Gasteiger partial charge in [0.25, 0.3) is 5.56 Å². The number of hydrogen-bond acceptors (Lipinski definition) is 5.